The number of rotatable bonds is 6. The van der Waals surface area contributed by atoms with Crippen molar-refractivity contribution >= 4 is 53.1 Å². The quantitative estimate of drug-likeness (QED) is 0.242. The Labute approximate surface area is 196 Å². The molecule has 0 aromatic heterocycles. The number of benzene rings is 4. The monoisotopic (exact) mass is 464 g/mol. The maximum Gasteiger partial charge on any atom is 0.193 e. The van der Waals surface area contributed by atoms with E-state index >= 15 is 0 Å². The molecule has 6 heteroatoms. The summed E-state index contributed by atoms with van der Waals surface area (Å²) in [6.07, 6.45) is 0. The third-order valence-electron chi connectivity index (χ3n) is 4.46. The van der Waals surface area contributed by atoms with Gasteiger partial charge in [0.25, 0.3) is 0 Å². The van der Waals surface area contributed by atoms with Gasteiger partial charge in [-0.25, -0.2) is 0 Å². The van der Waals surface area contributed by atoms with Crippen molar-refractivity contribution in [3.63, 3.8) is 0 Å². The molecule has 4 aromatic rings. The van der Waals surface area contributed by atoms with E-state index < -0.39 is 0 Å². The van der Waals surface area contributed by atoms with Crippen LogP contribution in [-0.2, 0) is 0 Å². The minimum absolute atomic E-state index is 0. The minimum atomic E-state index is 0. The summed E-state index contributed by atoms with van der Waals surface area (Å²) >= 11 is 3.28. The fourth-order valence-electron chi connectivity index (χ4n) is 2.86. The molecule has 3 nitrogen and oxygen atoms in total. The van der Waals surface area contributed by atoms with E-state index in [-0.39, 0.29) is 18.2 Å². The zero-order chi connectivity index (χ0) is 20.9. The number of ketones is 1. The van der Waals surface area contributed by atoms with Crippen LogP contribution in [0.15, 0.2) is 117 Å². The molecule has 0 radical (unpaired) electrons. The molecule has 0 bridgehead atoms. The van der Waals surface area contributed by atoms with Crippen molar-refractivity contribution in [2.45, 2.75) is 19.6 Å². The van der Waals surface area contributed by atoms with Crippen LogP contribution in [0.5, 0.6) is 0 Å². The van der Waals surface area contributed by atoms with E-state index in [0.717, 1.165) is 31.0 Å². The lowest BCUT2D eigenvalue weighted by atomic mass is 10.0. The number of halogens is 1. The van der Waals surface area contributed by atoms with E-state index in [9.17, 15) is 4.79 Å². The lowest BCUT2D eigenvalue weighted by Gasteiger charge is -2.06. The molecular weight excluding hydrogens is 444 g/mol. The Kier molecular flexibility index (Phi) is 7.69. The summed E-state index contributed by atoms with van der Waals surface area (Å²) in [4.78, 5) is 17.2. The molecule has 156 valence electrons. The van der Waals surface area contributed by atoms with Crippen molar-refractivity contribution in [1.82, 2.24) is 0 Å². The maximum atomic E-state index is 12.8. The second-order valence-corrected chi connectivity index (χ2v) is 9.01. The van der Waals surface area contributed by atoms with E-state index in [1.165, 1.54) is 0 Å². The number of anilines is 2. The third-order valence-corrected chi connectivity index (χ3v) is 6.50. The van der Waals surface area contributed by atoms with Crippen molar-refractivity contribution in [2.24, 2.45) is 0 Å². The van der Waals surface area contributed by atoms with Gasteiger partial charge < -0.3 is 11.5 Å². The molecule has 0 amide bonds. The fourth-order valence-corrected chi connectivity index (χ4v) is 4.49. The van der Waals surface area contributed by atoms with Gasteiger partial charge >= 0.3 is 0 Å². The zero-order valence-corrected chi connectivity index (χ0v) is 19.0. The van der Waals surface area contributed by atoms with Gasteiger partial charge in [-0.3, -0.25) is 4.79 Å². The SMILES string of the molecule is Cl.Nc1ccc(Sc2ccc(C(=O)c3ccc(Sc4ccc(N)cc4)cc3)cc2)cc1. The van der Waals surface area contributed by atoms with Crippen molar-refractivity contribution in [1.29, 1.82) is 0 Å². The van der Waals surface area contributed by atoms with Crippen molar-refractivity contribution in [2.75, 3.05) is 11.5 Å². The molecule has 0 atom stereocenters. The molecule has 0 aliphatic carbocycles. The molecule has 4 N–H and O–H groups in total. The Morgan fingerprint density at radius 3 is 1.03 bits per heavy atom. The summed E-state index contributed by atoms with van der Waals surface area (Å²) in [6, 6.07) is 30.9. The number of carbonyl (C=O) groups is 1. The number of nitrogen functional groups attached to an aromatic ring is 2. The van der Waals surface area contributed by atoms with Crippen LogP contribution >= 0.6 is 35.9 Å². The number of hydrogen-bond donors (Lipinski definition) is 2. The van der Waals surface area contributed by atoms with Gasteiger partial charge in [0.2, 0.25) is 0 Å². The molecule has 0 saturated heterocycles. The molecule has 0 fully saturated rings. The first-order valence-electron chi connectivity index (χ1n) is 9.38. The number of hydrogen-bond acceptors (Lipinski definition) is 5. The lowest BCUT2D eigenvalue weighted by molar-refractivity contribution is 0.103. The highest BCUT2D eigenvalue weighted by atomic mass is 35.5. The summed E-state index contributed by atoms with van der Waals surface area (Å²) < 4.78 is 0. The van der Waals surface area contributed by atoms with Gasteiger partial charge in [-0.1, -0.05) is 23.5 Å². The van der Waals surface area contributed by atoms with E-state index in [0.29, 0.717) is 11.1 Å². The Bertz CT molecular complexity index is 1050. The van der Waals surface area contributed by atoms with Gasteiger partial charge in [-0.15, -0.1) is 12.4 Å². The molecule has 0 spiro atoms. The summed E-state index contributed by atoms with van der Waals surface area (Å²) in [5, 5.41) is 0. The standard InChI is InChI=1S/C25H20N2OS2.ClH/c26-19-5-13-23(14-6-19)29-21-9-1-17(2-10-21)25(28)18-3-11-22(12-4-18)30-24-15-7-20(27)8-16-24;/h1-16H,26-27H2;1H. The van der Waals surface area contributed by atoms with Crippen molar-refractivity contribution < 1.29 is 4.79 Å². The van der Waals surface area contributed by atoms with Gasteiger partial charge in [0.05, 0.1) is 0 Å². The Morgan fingerprint density at radius 1 is 0.484 bits per heavy atom. The Hall–Kier alpha value is -2.86. The molecular formula is C25H21ClN2OS2. The van der Waals surface area contributed by atoms with Gasteiger partial charge in [-0.2, -0.15) is 0 Å². The average molecular weight is 465 g/mol. The van der Waals surface area contributed by atoms with Gasteiger partial charge in [-0.05, 0) is 97.1 Å². The fraction of sp³-hybridized carbons (Fsp3) is 0. The highest BCUT2D eigenvalue weighted by Gasteiger charge is 2.10. The Balaban J connectivity index is 0.00000272. The highest BCUT2D eigenvalue weighted by molar-refractivity contribution is 7.99. The molecule has 4 rings (SSSR count). The van der Waals surface area contributed by atoms with Gasteiger partial charge in [0, 0.05) is 42.1 Å². The van der Waals surface area contributed by atoms with E-state index in [1.54, 1.807) is 23.5 Å². The predicted octanol–water partition coefficient (Wildman–Crippen LogP) is 6.81. The first kappa shape index (κ1) is 22.8. The highest BCUT2D eigenvalue weighted by Crippen LogP contribution is 2.30. The third kappa shape index (κ3) is 6.07. The molecule has 0 saturated carbocycles. The van der Waals surface area contributed by atoms with Crippen LogP contribution in [0.25, 0.3) is 0 Å². The van der Waals surface area contributed by atoms with Crippen molar-refractivity contribution in [3.05, 3.63) is 108 Å². The lowest BCUT2D eigenvalue weighted by Crippen LogP contribution is -2.00. The molecule has 4 aromatic carbocycles. The first-order valence-corrected chi connectivity index (χ1v) is 11.0. The maximum absolute atomic E-state index is 12.8. The first-order chi connectivity index (χ1) is 14.6. The van der Waals surface area contributed by atoms with E-state index in [2.05, 4.69) is 0 Å². The topological polar surface area (TPSA) is 69.1 Å². The summed E-state index contributed by atoms with van der Waals surface area (Å²) in [7, 11) is 0. The summed E-state index contributed by atoms with van der Waals surface area (Å²) in [5.74, 6) is 0.0167. The minimum Gasteiger partial charge on any atom is -0.399 e. The second-order valence-electron chi connectivity index (χ2n) is 6.72. The smallest absolute Gasteiger partial charge is 0.193 e. The largest absolute Gasteiger partial charge is 0.399 e. The van der Waals surface area contributed by atoms with Crippen LogP contribution in [-0.4, -0.2) is 5.78 Å². The molecule has 0 aliphatic rings. The average Bonchev–Trinajstić information content (AvgIpc) is 2.77. The van der Waals surface area contributed by atoms with Crippen LogP contribution in [0.1, 0.15) is 15.9 Å². The summed E-state index contributed by atoms with van der Waals surface area (Å²) in [6.45, 7) is 0. The molecule has 0 aliphatic heterocycles. The summed E-state index contributed by atoms with van der Waals surface area (Å²) in [5.41, 5.74) is 14.3. The van der Waals surface area contributed by atoms with Crippen LogP contribution in [0.4, 0.5) is 11.4 Å². The molecule has 0 heterocycles. The number of carbonyl (C=O) groups excluding carboxylic acids is 1. The van der Waals surface area contributed by atoms with Crippen LogP contribution < -0.4 is 11.5 Å². The van der Waals surface area contributed by atoms with Gasteiger partial charge in [0.1, 0.15) is 0 Å². The molecule has 31 heavy (non-hydrogen) atoms. The van der Waals surface area contributed by atoms with Gasteiger partial charge in [0.15, 0.2) is 5.78 Å². The zero-order valence-electron chi connectivity index (χ0n) is 16.5. The van der Waals surface area contributed by atoms with Crippen molar-refractivity contribution in [3.8, 4) is 0 Å². The van der Waals surface area contributed by atoms with Crippen LogP contribution in [0, 0.1) is 0 Å². The predicted molar refractivity (Wildman–Crippen MR) is 134 cm³/mol. The Morgan fingerprint density at radius 2 is 0.742 bits per heavy atom. The normalized spacial score (nSPS) is 10.3. The number of nitrogens with two attached hydrogens (primary N) is 2. The van der Waals surface area contributed by atoms with E-state index in [1.807, 2.05) is 97.1 Å². The van der Waals surface area contributed by atoms with Crippen LogP contribution in [0.3, 0.4) is 0 Å². The molecule has 0 unspecified atom stereocenters. The second kappa shape index (κ2) is 10.4. The van der Waals surface area contributed by atoms with E-state index in [4.69, 9.17) is 11.5 Å². The van der Waals surface area contributed by atoms with Crippen LogP contribution in [0.2, 0.25) is 0 Å².